The number of hydrogen-bond donors (Lipinski definition) is 5. The van der Waals surface area contributed by atoms with Gasteiger partial charge < -0.3 is 26.2 Å². The Morgan fingerprint density at radius 3 is 2.42 bits per heavy atom. The summed E-state index contributed by atoms with van der Waals surface area (Å²) in [7, 11) is 3.14. The lowest BCUT2D eigenvalue weighted by molar-refractivity contribution is -0.148. The van der Waals surface area contributed by atoms with Gasteiger partial charge in [0.2, 0.25) is 5.78 Å². The third kappa shape index (κ3) is 2.96. The molecular weight excluding hydrogens is 452 g/mol. The fourth-order valence-corrected chi connectivity index (χ4v) is 5.68. The van der Waals surface area contributed by atoms with Gasteiger partial charge in [-0.2, -0.15) is 0 Å². The number of phenols is 1. The molecule has 1 amide bonds. The Morgan fingerprint density at radius 1 is 1.24 bits per heavy atom. The van der Waals surface area contributed by atoms with E-state index in [9.17, 15) is 34.8 Å². The molecule has 0 radical (unpaired) electrons. The minimum absolute atomic E-state index is 0.00954. The van der Waals surface area contributed by atoms with Gasteiger partial charge in [0.25, 0.3) is 5.91 Å². The minimum atomic E-state index is -2.66. The van der Waals surface area contributed by atoms with Crippen LogP contribution in [-0.2, 0) is 16.0 Å². The van der Waals surface area contributed by atoms with E-state index in [2.05, 4.69) is 6.58 Å². The van der Waals surface area contributed by atoms with E-state index >= 15 is 0 Å². The number of carbonyl (C=O) groups excluding carboxylic acids is 3. The molecule has 0 saturated carbocycles. The van der Waals surface area contributed by atoms with Crippen LogP contribution in [0.25, 0.3) is 5.03 Å². The average Bonchev–Trinajstić information content (AvgIpc) is 2.70. The molecule has 9 nitrogen and oxygen atoms in total. The van der Waals surface area contributed by atoms with Crippen molar-refractivity contribution in [3.05, 3.63) is 58.1 Å². The number of aromatic hydroxyl groups is 1. The smallest absolute Gasteiger partial charge is 0.255 e. The Kier molecular flexibility index (Phi) is 5.19. The van der Waals surface area contributed by atoms with Gasteiger partial charge in [0.05, 0.1) is 11.6 Å². The maximum Gasteiger partial charge on any atom is 0.255 e. The SMILES string of the molecule is C=C(Cl)c1ccc(O)c2c1C[C@H]1C[C@H]3[C@@H](N(C)C)C(O)=C(C(N)=O)C(=O)[C@@]3(O)C(O)=C1C2=O. The number of amides is 1. The summed E-state index contributed by atoms with van der Waals surface area (Å²) in [5.74, 6) is -6.91. The predicted octanol–water partition coefficient (Wildman–Crippen LogP) is 1.33. The minimum Gasteiger partial charge on any atom is -0.510 e. The van der Waals surface area contributed by atoms with Gasteiger partial charge in [-0.25, -0.2) is 0 Å². The number of rotatable bonds is 3. The Labute approximate surface area is 194 Å². The standard InChI is InChI=1S/C23H23ClN2O7/c1-8(24)10-4-5-13(27)15-11(10)6-9-7-12-17(26(2)3)19(29)16(22(25)32)21(31)23(12,33)20(30)14(9)18(15)28/h4-5,9,12,17,27,29-30,33H,1,6-7H2,2-3H3,(H2,25,32)/t9-,12-,17+,23-/m0/s1. The summed E-state index contributed by atoms with van der Waals surface area (Å²) in [6.45, 7) is 3.70. The molecular formula is C23H23ClN2O7. The van der Waals surface area contributed by atoms with Crippen LogP contribution in [0.2, 0.25) is 0 Å². The number of carbonyl (C=O) groups is 3. The first kappa shape index (κ1) is 23.0. The number of nitrogens with two attached hydrogens (primary N) is 1. The zero-order valence-corrected chi connectivity index (χ0v) is 18.7. The van der Waals surface area contributed by atoms with Crippen LogP contribution < -0.4 is 5.73 Å². The topological polar surface area (TPSA) is 161 Å². The number of likely N-dealkylation sites (N-methyl/N-ethyl adjacent to an activating group) is 1. The normalized spacial score (nSPS) is 29.1. The second kappa shape index (κ2) is 7.44. The maximum atomic E-state index is 13.4. The lowest BCUT2D eigenvalue weighted by atomic mass is 9.58. The molecule has 0 bridgehead atoms. The molecule has 3 aliphatic rings. The number of allylic oxidation sites excluding steroid dienone is 1. The predicted molar refractivity (Wildman–Crippen MR) is 119 cm³/mol. The molecule has 1 aromatic rings. The third-order valence-electron chi connectivity index (χ3n) is 6.90. The molecule has 3 aliphatic carbocycles. The zero-order valence-electron chi connectivity index (χ0n) is 17.9. The van der Waals surface area contributed by atoms with E-state index in [1.165, 1.54) is 17.0 Å². The highest BCUT2D eigenvalue weighted by atomic mass is 35.5. The fraction of sp³-hybridized carbons (Fsp3) is 0.348. The van der Waals surface area contributed by atoms with Crippen molar-refractivity contribution in [2.45, 2.75) is 24.5 Å². The van der Waals surface area contributed by atoms with E-state index in [4.69, 9.17) is 17.3 Å². The van der Waals surface area contributed by atoms with Gasteiger partial charge in [0.15, 0.2) is 11.4 Å². The summed E-state index contributed by atoms with van der Waals surface area (Å²) in [6.07, 6.45) is 0.166. The van der Waals surface area contributed by atoms with Crippen LogP contribution in [-0.4, -0.2) is 68.5 Å². The number of phenolic OH excluding ortho intramolecular Hbond substituents is 1. The summed E-state index contributed by atoms with van der Waals surface area (Å²) in [4.78, 5) is 40.1. The monoisotopic (exact) mass is 474 g/mol. The number of nitrogens with zero attached hydrogens (tertiary/aromatic N) is 1. The Bertz CT molecular complexity index is 1220. The van der Waals surface area contributed by atoms with Gasteiger partial charge in [-0.05, 0) is 56.1 Å². The van der Waals surface area contributed by atoms with Crippen molar-refractivity contribution in [1.82, 2.24) is 4.90 Å². The van der Waals surface area contributed by atoms with Crippen LogP contribution in [0.4, 0.5) is 0 Å². The lowest BCUT2D eigenvalue weighted by Gasteiger charge is -2.50. The number of benzene rings is 1. The Balaban J connectivity index is 1.99. The lowest BCUT2D eigenvalue weighted by Crippen LogP contribution is -2.63. The summed E-state index contributed by atoms with van der Waals surface area (Å²) in [5.41, 5.74) is 2.37. The molecule has 33 heavy (non-hydrogen) atoms. The fourth-order valence-electron chi connectivity index (χ4n) is 5.50. The zero-order chi connectivity index (χ0) is 24.6. The van der Waals surface area contributed by atoms with E-state index < -0.39 is 58.0 Å². The third-order valence-corrected chi connectivity index (χ3v) is 7.10. The summed E-state index contributed by atoms with van der Waals surface area (Å²) >= 11 is 6.10. The first-order chi connectivity index (χ1) is 15.3. The van der Waals surface area contributed by atoms with E-state index in [0.29, 0.717) is 11.1 Å². The number of fused-ring (bicyclic) bond motifs is 3. The molecule has 0 heterocycles. The van der Waals surface area contributed by atoms with Gasteiger partial charge in [0, 0.05) is 16.5 Å². The van der Waals surface area contributed by atoms with E-state index in [-0.39, 0.29) is 34.8 Å². The van der Waals surface area contributed by atoms with Crippen LogP contribution in [0, 0.1) is 11.8 Å². The number of halogens is 1. The largest absolute Gasteiger partial charge is 0.510 e. The molecule has 0 unspecified atom stereocenters. The molecule has 174 valence electrons. The molecule has 10 heteroatoms. The van der Waals surface area contributed by atoms with Crippen molar-refractivity contribution in [3.63, 3.8) is 0 Å². The highest BCUT2D eigenvalue weighted by Crippen LogP contribution is 2.52. The number of ketones is 2. The average molecular weight is 475 g/mol. The number of aliphatic hydroxyl groups is 3. The van der Waals surface area contributed by atoms with Gasteiger partial charge in [0.1, 0.15) is 22.8 Å². The number of primary amides is 1. The van der Waals surface area contributed by atoms with Crippen LogP contribution in [0.3, 0.4) is 0 Å². The summed E-state index contributed by atoms with van der Waals surface area (Å²) < 4.78 is 0. The first-order valence-electron chi connectivity index (χ1n) is 10.2. The van der Waals surface area contributed by atoms with Gasteiger partial charge >= 0.3 is 0 Å². The van der Waals surface area contributed by atoms with Crippen molar-refractivity contribution in [1.29, 1.82) is 0 Å². The molecule has 6 N–H and O–H groups in total. The highest BCUT2D eigenvalue weighted by molar-refractivity contribution is 6.48. The van der Waals surface area contributed by atoms with Crippen molar-refractivity contribution >= 4 is 34.1 Å². The molecule has 0 spiro atoms. The molecule has 0 fully saturated rings. The molecule has 1 aromatic carbocycles. The van der Waals surface area contributed by atoms with Gasteiger partial charge in [-0.1, -0.05) is 18.2 Å². The van der Waals surface area contributed by atoms with Crippen molar-refractivity contribution in [2.75, 3.05) is 14.1 Å². The molecule has 0 saturated heterocycles. The second-order valence-corrected chi connectivity index (χ2v) is 9.31. The number of hydrogen-bond acceptors (Lipinski definition) is 8. The van der Waals surface area contributed by atoms with E-state index in [1.807, 2.05) is 0 Å². The van der Waals surface area contributed by atoms with Gasteiger partial charge in [-0.3, -0.25) is 19.3 Å². The summed E-state index contributed by atoms with van der Waals surface area (Å²) in [6, 6.07) is 1.77. The molecule has 4 atom stereocenters. The van der Waals surface area contributed by atoms with Gasteiger partial charge in [-0.15, -0.1) is 0 Å². The number of Topliss-reactive ketones (excluding diaryl/α,β-unsaturated/α-hetero) is 2. The second-order valence-electron chi connectivity index (χ2n) is 8.85. The molecule has 0 aromatic heterocycles. The van der Waals surface area contributed by atoms with Crippen molar-refractivity contribution in [2.24, 2.45) is 17.6 Å². The Morgan fingerprint density at radius 2 is 1.88 bits per heavy atom. The first-order valence-corrected chi connectivity index (χ1v) is 10.6. The highest BCUT2D eigenvalue weighted by Gasteiger charge is 2.63. The van der Waals surface area contributed by atoms with E-state index in [1.54, 1.807) is 14.1 Å². The van der Waals surface area contributed by atoms with Crippen LogP contribution in [0.15, 0.2) is 41.4 Å². The maximum absolute atomic E-state index is 13.4. The van der Waals surface area contributed by atoms with Crippen molar-refractivity contribution < 1.29 is 34.8 Å². The number of aliphatic hydroxyl groups excluding tert-OH is 2. The van der Waals surface area contributed by atoms with Crippen molar-refractivity contribution in [3.8, 4) is 5.75 Å². The Hall–Kier alpha value is -3.14. The van der Waals surface area contributed by atoms with Crippen LogP contribution >= 0.6 is 11.6 Å². The van der Waals surface area contributed by atoms with E-state index in [0.717, 1.165) is 0 Å². The molecule has 0 aliphatic heterocycles. The quantitative estimate of drug-likeness (QED) is 0.410. The molecule has 4 rings (SSSR count). The summed E-state index contributed by atoms with van der Waals surface area (Å²) in [5, 5.41) is 43.9. The van der Waals surface area contributed by atoms with Crippen LogP contribution in [0.5, 0.6) is 5.75 Å². The van der Waals surface area contributed by atoms with Crippen LogP contribution in [0.1, 0.15) is 27.9 Å².